The summed E-state index contributed by atoms with van der Waals surface area (Å²) in [5.74, 6) is 5.49. The van der Waals surface area contributed by atoms with Gasteiger partial charge in [-0.1, -0.05) is 135 Å². The fraction of sp³-hybridized carbons (Fsp3) is 0.576. The summed E-state index contributed by atoms with van der Waals surface area (Å²) >= 11 is 1.67. The molecule has 0 amide bonds. The first-order valence-electron chi connectivity index (χ1n) is 25.8. The van der Waals surface area contributed by atoms with Crippen LogP contribution in [0.1, 0.15) is 188 Å². The van der Waals surface area contributed by atoms with Crippen molar-refractivity contribution in [2.45, 2.75) is 176 Å². The topological polar surface area (TPSA) is 164 Å². The molecular formula is C59H100N12O2S. The van der Waals surface area contributed by atoms with Crippen LogP contribution < -0.4 is 0 Å². The van der Waals surface area contributed by atoms with Gasteiger partial charge in [0, 0.05) is 91.7 Å². The largest absolute Gasteiger partial charge is 0.399 e. The summed E-state index contributed by atoms with van der Waals surface area (Å²) in [4.78, 5) is 42.0. The zero-order valence-corrected chi connectivity index (χ0v) is 49.7. The van der Waals surface area contributed by atoms with E-state index in [0.29, 0.717) is 42.1 Å². The van der Waals surface area contributed by atoms with Crippen molar-refractivity contribution in [2.24, 2.45) is 46.9 Å². The fourth-order valence-corrected chi connectivity index (χ4v) is 5.72. The molecule has 0 saturated carbocycles. The van der Waals surface area contributed by atoms with Crippen LogP contribution in [0.25, 0.3) is 0 Å². The van der Waals surface area contributed by atoms with Gasteiger partial charge in [-0.25, -0.2) is 24.9 Å². The molecule has 0 unspecified atom stereocenters. The third-order valence-electron chi connectivity index (χ3n) is 8.97. The highest BCUT2D eigenvalue weighted by Crippen LogP contribution is 2.11. The van der Waals surface area contributed by atoms with Gasteiger partial charge in [0.2, 0.25) is 0 Å². The van der Waals surface area contributed by atoms with Crippen molar-refractivity contribution in [3.8, 4) is 0 Å². The lowest BCUT2D eigenvalue weighted by Crippen LogP contribution is -2.01. The molecule has 6 aromatic heterocycles. The summed E-state index contributed by atoms with van der Waals surface area (Å²) < 4.78 is 1.93. The van der Waals surface area contributed by atoms with E-state index < -0.39 is 0 Å². The first-order chi connectivity index (χ1) is 34.5. The lowest BCUT2D eigenvalue weighted by Gasteiger charge is -2.03. The zero-order chi connectivity index (χ0) is 55.6. The third-order valence-corrected chi connectivity index (χ3v) is 9.60. The lowest BCUT2D eigenvalue weighted by molar-refractivity contribution is 0.159. The van der Waals surface area contributed by atoms with Gasteiger partial charge >= 0.3 is 0 Å². The third kappa shape index (κ3) is 43.7. The molecule has 0 N–H and O–H groups in total. The molecule has 0 atom stereocenters. The summed E-state index contributed by atoms with van der Waals surface area (Å²) in [6, 6.07) is 8.12. The molecule has 0 fully saturated rings. The van der Waals surface area contributed by atoms with Gasteiger partial charge in [-0.2, -0.15) is 5.10 Å². The van der Waals surface area contributed by atoms with Crippen LogP contribution in [-0.2, 0) is 36.0 Å². The monoisotopic (exact) mass is 1040 g/mol. The highest BCUT2D eigenvalue weighted by Gasteiger charge is 2.02. The van der Waals surface area contributed by atoms with Crippen molar-refractivity contribution in [1.29, 1.82) is 0 Å². The second-order valence-corrected chi connectivity index (χ2v) is 20.7. The Labute approximate surface area is 454 Å². The molecule has 6 aromatic rings. The number of oxime groups is 2. The first kappa shape index (κ1) is 72.4. The zero-order valence-electron chi connectivity index (χ0n) is 48.9. The Bertz CT molecular complexity index is 2110. The Balaban J connectivity index is -0.000000779. The highest BCUT2D eigenvalue weighted by molar-refractivity contribution is 7.07. The van der Waals surface area contributed by atoms with Gasteiger partial charge in [0.15, 0.2) is 0 Å². The van der Waals surface area contributed by atoms with Crippen molar-refractivity contribution in [3.05, 3.63) is 136 Å². The normalized spacial score (nSPS) is 10.4. The summed E-state index contributed by atoms with van der Waals surface area (Å²) in [5, 5.41) is 13.4. The average molecular weight is 1040 g/mol. The standard InChI is InChI=1S/C9H13N.2C8H12N2.C8H14N2.C7H10N2.C7H11NS.C6H13NO.C5H11NO.CH4/c1-8(2)7-9-5-3-4-6-10-9;1-6(2)8-5-9-7(3)4-10-8;1-6(2)8-9-4-7(3)5-10-8;1-7(2)6-8-4-5-9-10(8)3;1-6(2)7-3-8-5-9-4-7;1-6(2)3-7-4-9-5-8-7;1-4-8-7-5-6(2)3;1-5(2)4-6-7-3;/h3-6,8H,7H2,1-2H3;2*4-6H,1-3H3;4-5,7H,6H2,1-3H3;3-6H,1-2H3;4-6H,3H2,1-2H3;5-6H,4H2,1-3H3;4-5H,1-3H3;1H4/b;;;;;;7-5-;;. The van der Waals surface area contributed by atoms with Crippen LogP contribution in [0.4, 0.5) is 0 Å². The van der Waals surface area contributed by atoms with E-state index in [1.165, 1.54) is 22.6 Å². The lowest BCUT2D eigenvalue weighted by atomic mass is 10.1. The predicted molar refractivity (Wildman–Crippen MR) is 315 cm³/mol. The Morgan fingerprint density at radius 2 is 1.19 bits per heavy atom. The Kier molecular flexibility index (Phi) is 44.8. The quantitative estimate of drug-likeness (QED) is 0.0753. The van der Waals surface area contributed by atoms with Crippen LogP contribution in [0.5, 0.6) is 0 Å². The van der Waals surface area contributed by atoms with E-state index >= 15 is 0 Å². The van der Waals surface area contributed by atoms with E-state index in [-0.39, 0.29) is 7.43 Å². The maximum atomic E-state index is 4.71. The maximum Gasteiger partial charge on any atom is 0.130 e. The highest BCUT2D eigenvalue weighted by atomic mass is 32.1. The summed E-state index contributed by atoms with van der Waals surface area (Å²) in [6.07, 6.45) is 23.1. The van der Waals surface area contributed by atoms with Crippen molar-refractivity contribution in [1.82, 2.24) is 49.7 Å². The molecule has 0 aliphatic heterocycles. The Hall–Kier alpha value is -5.83. The second-order valence-electron chi connectivity index (χ2n) is 20.0. The van der Waals surface area contributed by atoms with E-state index in [2.05, 4.69) is 175 Å². The molecule has 6 rings (SSSR count). The molecular weight excluding hydrogens is 941 g/mol. The minimum absolute atomic E-state index is 0. The summed E-state index contributed by atoms with van der Waals surface area (Å²) in [7, 11) is 3.52. The van der Waals surface area contributed by atoms with Crippen molar-refractivity contribution in [3.63, 3.8) is 0 Å². The van der Waals surface area contributed by atoms with Gasteiger partial charge in [-0.05, 0) is 111 Å². The molecule has 414 valence electrons. The first-order valence-corrected chi connectivity index (χ1v) is 26.7. The van der Waals surface area contributed by atoms with Gasteiger partial charge in [0.25, 0.3) is 0 Å². The molecule has 15 heteroatoms. The number of nitrogens with zero attached hydrogens (tertiary/aromatic N) is 12. The number of aryl methyl sites for hydroxylation is 3. The van der Waals surface area contributed by atoms with Crippen LogP contribution >= 0.6 is 11.3 Å². The van der Waals surface area contributed by atoms with E-state index in [9.17, 15) is 0 Å². The molecule has 6 heterocycles. The number of thiazole rings is 1. The molecule has 0 spiro atoms. The predicted octanol–water partition coefficient (Wildman–Crippen LogP) is 15.2. The molecule has 0 aliphatic carbocycles. The second kappa shape index (κ2) is 45.8. The summed E-state index contributed by atoms with van der Waals surface area (Å²) in [5.41, 5.74) is 9.97. The van der Waals surface area contributed by atoms with Crippen LogP contribution in [-0.4, -0.2) is 75.8 Å². The number of aromatic nitrogens is 10. The van der Waals surface area contributed by atoms with Gasteiger partial charge < -0.3 is 9.68 Å². The minimum Gasteiger partial charge on any atom is -0.399 e. The summed E-state index contributed by atoms with van der Waals surface area (Å²) in [6.45, 7) is 40.6. The minimum atomic E-state index is 0. The molecule has 74 heavy (non-hydrogen) atoms. The molecule has 0 radical (unpaired) electrons. The Morgan fingerprint density at radius 3 is 1.57 bits per heavy atom. The van der Waals surface area contributed by atoms with E-state index in [1.807, 2.05) is 107 Å². The number of pyridine rings is 1. The molecule has 0 aromatic carbocycles. The van der Waals surface area contributed by atoms with Gasteiger partial charge in [-0.15, -0.1) is 11.3 Å². The smallest absolute Gasteiger partial charge is 0.130 e. The van der Waals surface area contributed by atoms with E-state index in [1.54, 1.807) is 43.4 Å². The molecule has 0 bridgehead atoms. The van der Waals surface area contributed by atoms with Crippen molar-refractivity contribution in [2.75, 3.05) is 13.7 Å². The van der Waals surface area contributed by atoms with Crippen LogP contribution in [0.15, 0.2) is 101 Å². The van der Waals surface area contributed by atoms with E-state index in [0.717, 1.165) is 53.9 Å². The van der Waals surface area contributed by atoms with E-state index in [4.69, 9.17) is 4.84 Å². The maximum absolute atomic E-state index is 4.71. The van der Waals surface area contributed by atoms with Crippen LogP contribution in [0.3, 0.4) is 0 Å². The average Bonchev–Trinajstić information content (AvgIpc) is 4.01. The van der Waals surface area contributed by atoms with Crippen LogP contribution in [0, 0.1) is 43.4 Å². The molecule has 14 nitrogen and oxygen atoms in total. The molecule has 0 aliphatic rings. The number of hydrogen-bond acceptors (Lipinski definition) is 14. The van der Waals surface area contributed by atoms with Crippen molar-refractivity contribution < 1.29 is 9.68 Å². The van der Waals surface area contributed by atoms with Crippen molar-refractivity contribution >= 4 is 23.8 Å². The van der Waals surface area contributed by atoms with Gasteiger partial charge in [-0.3, -0.25) is 19.6 Å². The van der Waals surface area contributed by atoms with Gasteiger partial charge in [0.1, 0.15) is 25.9 Å². The number of rotatable bonds is 14. The number of hydrogen-bond donors (Lipinski definition) is 0. The SMILES string of the molecule is C.CC(C)Cc1ccccn1.CC(C)Cc1ccnn1C.CC(C)Cc1cscn1.CC(C)c1cncnc1.CCO/N=C\C(C)C.CON=CC(C)C.Cc1cnc(C(C)C)cn1.Cc1cnc(C(C)C)nc1. The van der Waals surface area contributed by atoms with Gasteiger partial charge in [0.05, 0.1) is 22.6 Å². The Morgan fingerprint density at radius 1 is 0.608 bits per heavy atom. The molecule has 0 saturated heterocycles. The van der Waals surface area contributed by atoms with Crippen LogP contribution in [0.2, 0.25) is 0 Å². The fourth-order valence-electron chi connectivity index (χ4n) is 5.15.